The molecule has 21 heavy (non-hydrogen) atoms. The summed E-state index contributed by atoms with van der Waals surface area (Å²) in [7, 11) is 2.04. The van der Waals surface area contributed by atoms with Crippen LogP contribution in [-0.2, 0) is 7.05 Å². The second kappa shape index (κ2) is 3.41. The molecule has 4 heterocycles. The number of nitrogens with zero attached hydrogens (tertiary/aromatic N) is 6. The third kappa shape index (κ3) is 1.16. The lowest BCUT2D eigenvalue weighted by Crippen LogP contribution is -2.28. The average Bonchev–Trinajstić information content (AvgIpc) is 3.14. The second-order valence-electron chi connectivity index (χ2n) is 5.37. The number of aryl methyl sites for hydroxylation is 2. The predicted molar refractivity (Wildman–Crippen MR) is 78.3 cm³/mol. The molecule has 0 aliphatic heterocycles. The minimum Gasteiger partial charge on any atom is -0.237 e. The largest absolute Gasteiger partial charge is 0.379 e. The zero-order valence-electron chi connectivity index (χ0n) is 11.7. The van der Waals surface area contributed by atoms with E-state index in [9.17, 15) is 0 Å². The second-order valence-corrected chi connectivity index (χ2v) is 5.37. The van der Waals surface area contributed by atoms with Gasteiger partial charge in [-0.05, 0) is 18.6 Å². The zero-order chi connectivity index (χ0) is 14.1. The number of rotatable bonds is 0. The first-order valence-corrected chi connectivity index (χ1v) is 6.85. The van der Waals surface area contributed by atoms with Gasteiger partial charge in [0, 0.05) is 12.4 Å². The lowest BCUT2D eigenvalue weighted by molar-refractivity contribution is -0.646. The summed E-state index contributed by atoms with van der Waals surface area (Å²) in [4.78, 5) is 9.27. The van der Waals surface area contributed by atoms with E-state index in [1.807, 2.05) is 36.1 Å². The van der Waals surface area contributed by atoms with Crippen molar-refractivity contribution in [2.75, 3.05) is 0 Å². The monoisotopic (exact) mass is 277 g/mol. The van der Waals surface area contributed by atoms with Gasteiger partial charge in [0.05, 0.1) is 13.2 Å². The maximum Gasteiger partial charge on any atom is 0.379 e. The highest BCUT2D eigenvalue weighted by Crippen LogP contribution is 2.22. The summed E-state index contributed by atoms with van der Waals surface area (Å²) in [5.41, 5.74) is 3.35. The lowest BCUT2D eigenvalue weighted by Gasteiger charge is -1.99. The van der Waals surface area contributed by atoms with Crippen LogP contribution in [0.1, 0.15) is 5.56 Å². The van der Waals surface area contributed by atoms with Gasteiger partial charge >= 0.3 is 5.78 Å². The van der Waals surface area contributed by atoms with E-state index in [1.165, 1.54) is 5.56 Å². The molecule has 0 N–H and O–H groups in total. The van der Waals surface area contributed by atoms with Crippen molar-refractivity contribution < 1.29 is 4.57 Å². The van der Waals surface area contributed by atoms with Crippen LogP contribution in [-0.4, -0.2) is 23.2 Å². The van der Waals surface area contributed by atoms with Gasteiger partial charge < -0.3 is 0 Å². The summed E-state index contributed by atoms with van der Waals surface area (Å²) >= 11 is 0. The molecule has 0 saturated heterocycles. The normalized spacial score (nSPS) is 12.3. The number of hydrogen-bond acceptors (Lipinski definition) is 2. The van der Waals surface area contributed by atoms with Crippen molar-refractivity contribution >= 4 is 28.4 Å². The van der Waals surface area contributed by atoms with Crippen LogP contribution in [0.15, 0.2) is 43.0 Å². The zero-order valence-corrected chi connectivity index (χ0v) is 11.7. The minimum absolute atomic E-state index is 0.867. The SMILES string of the molecule is Cc1cccc2nc3n4ccnc4n4cc[n+](C)c4n3c12. The molecule has 6 heteroatoms. The lowest BCUT2D eigenvalue weighted by atomic mass is 10.2. The Morgan fingerprint density at radius 2 is 2.00 bits per heavy atom. The van der Waals surface area contributed by atoms with Crippen LogP contribution in [0.2, 0.25) is 0 Å². The number of imidazole rings is 3. The highest BCUT2D eigenvalue weighted by atomic mass is 15.3. The van der Waals surface area contributed by atoms with E-state index in [4.69, 9.17) is 4.98 Å². The summed E-state index contributed by atoms with van der Waals surface area (Å²) in [6.45, 7) is 2.12. The van der Waals surface area contributed by atoms with E-state index in [2.05, 4.69) is 37.4 Å². The number of fused-ring (bicyclic) bond motifs is 8. The van der Waals surface area contributed by atoms with Gasteiger partial charge in [0.15, 0.2) is 0 Å². The first kappa shape index (κ1) is 10.8. The highest BCUT2D eigenvalue weighted by Gasteiger charge is 2.23. The van der Waals surface area contributed by atoms with Gasteiger partial charge in [0.1, 0.15) is 17.2 Å². The fraction of sp³-hybridized carbons (Fsp3) is 0.133. The van der Waals surface area contributed by atoms with Gasteiger partial charge in [-0.1, -0.05) is 12.1 Å². The van der Waals surface area contributed by atoms with Crippen molar-refractivity contribution in [3.8, 4) is 0 Å². The topological polar surface area (TPSA) is 42.9 Å². The fourth-order valence-corrected chi connectivity index (χ4v) is 3.15. The first-order valence-electron chi connectivity index (χ1n) is 6.85. The van der Waals surface area contributed by atoms with Gasteiger partial charge in [-0.3, -0.25) is 0 Å². The summed E-state index contributed by atoms with van der Waals surface area (Å²) in [5, 5.41) is 0. The van der Waals surface area contributed by atoms with Crippen molar-refractivity contribution in [3.63, 3.8) is 0 Å². The number of para-hydroxylation sites is 1. The van der Waals surface area contributed by atoms with Crippen LogP contribution < -0.4 is 4.57 Å². The fourth-order valence-electron chi connectivity index (χ4n) is 3.15. The average molecular weight is 277 g/mol. The van der Waals surface area contributed by atoms with E-state index in [0.717, 1.165) is 28.4 Å². The van der Waals surface area contributed by atoms with Crippen LogP contribution in [0.25, 0.3) is 28.4 Å². The van der Waals surface area contributed by atoms with Crippen LogP contribution in [0, 0.1) is 6.92 Å². The molecule has 0 bridgehead atoms. The maximum atomic E-state index is 4.81. The predicted octanol–water partition coefficient (Wildman–Crippen LogP) is 1.52. The van der Waals surface area contributed by atoms with Gasteiger partial charge in [0.25, 0.3) is 11.6 Å². The van der Waals surface area contributed by atoms with Gasteiger partial charge in [-0.15, -0.1) is 0 Å². The molecule has 1 aromatic carbocycles. The molecule has 4 aromatic heterocycles. The number of benzene rings is 1. The molecule has 0 spiro atoms. The third-order valence-corrected chi connectivity index (χ3v) is 4.08. The molecule has 5 rings (SSSR count). The third-order valence-electron chi connectivity index (χ3n) is 4.08. The summed E-state index contributed by atoms with van der Waals surface area (Å²) < 4.78 is 8.39. The summed E-state index contributed by atoms with van der Waals surface area (Å²) in [6.07, 6.45) is 7.82. The van der Waals surface area contributed by atoms with E-state index in [1.54, 1.807) is 6.20 Å². The molecule has 0 aliphatic carbocycles. The van der Waals surface area contributed by atoms with Crippen molar-refractivity contribution in [1.29, 1.82) is 0 Å². The molecule has 0 aliphatic rings. The van der Waals surface area contributed by atoms with Gasteiger partial charge in [0.2, 0.25) is 0 Å². The van der Waals surface area contributed by atoms with Crippen LogP contribution in [0.5, 0.6) is 0 Å². The summed E-state index contributed by atoms with van der Waals surface area (Å²) in [6, 6.07) is 6.22. The molecule has 0 unspecified atom stereocenters. The van der Waals surface area contributed by atoms with Crippen LogP contribution >= 0.6 is 0 Å². The molecular weight excluding hydrogens is 264 g/mol. The quantitative estimate of drug-likeness (QED) is 0.403. The van der Waals surface area contributed by atoms with Crippen molar-refractivity contribution in [2.24, 2.45) is 7.05 Å². The van der Waals surface area contributed by atoms with E-state index < -0.39 is 0 Å². The molecular formula is C15H13N6+. The Kier molecular flexibility index (Phi) is 1.76. The molecule has 0 amide bonds. The van der Waals surface area contributed by atoms with Gasteiger partial charge in [-0.2, -0.15) is 13.8 Å². The van der Waals surface area contributed by atoms with Gasteiger partial charge in [-0.25, -0.2) is 14.0 Å². The molecule has 5 aromatic rings. The van der Waals surface area contributed by atoms with Crippen molar-refractivity contribution in [1.82, 2.24) is 23.2 Å². The first-order chi connectivity index (χ1) is 10.3. The Morgan fingerprint density at radius 3 is 2.90 bits per heavy atom. The Bertz CT molecular complexity index is 1160. The van der Waals surface area contributed by atoms with E-state index in [0.29, 0.717) is 0 Å². The molecule has 0 atom stereocenters. The van der Waals surface area contributed by atoms with E-state index >= 15 is 0 Å². The Morgan fingerprint density at radius 1 is 1.10 bits per heavy atom. The minimum atomic E-state index is 0.867. The smallest absolute Gasteiger partial charge is 0.237 e. The highest BCUT2D eigenvalue weighted by molar-refractivity contribution is 5.84. The maximum absolute atomic E-state index is 4.81. The number of hydrogen-bond donors (Lipinski definition) is 0. The standard InChI is InChI=1S/C15H13N6/c1-10-4-3-5-11-12(10)21-14(17-11)19-7-6-16-13(19)20-9-8-18(2)15(20)21/h3-9H,1-2H3/q+1. The Hall–Kier alpha value is -2.89. The summed E-state index contributed by atoms with van der Waals surface area (Å²) in [5.74, 6) is 2.79. The van der Waals surface area contributed by atoms with Crippen LogP contribution in [0.3, 0.4) is 0 Å². The number of aromatic nitrogens is 6. The molecule has 0 radical (unpaired) electrons. The Labute approximate surface area is 119 Å². The molecule has 0 fully saturated rings. The van der Waals surface area contributed by atoms with Crippen molar-refractivity contribution in [2.45, 2.75) is 6.92 Å². The Balaban J connectivity index is 2.29. The molecule has 102 valence electrons. The molecule has 6 nitrogen and oxygen atoms in total. The van der Waals surface area contributed by atoms with Crippen molar-refractivity contribution in [3.05, 3.63) is 48.5 Å². The van der Waals surface area contributed by atoms with E-state index in [-0.39, 0.29) is 0 Å². The van der Waals surface area contributed by atoms with Crippen LogP contribution in [0.4, 0.5) is 0 Å². The molecule has 0 saturated carbocycles.